The predicted molar refractivity (Wildman–Crippen MR) is 100 cm³/mol. The highest BCUT2D eigenvalue weighted by molar-refractivity contribution is 7.90. The van der Waals surface area contributed by atoms with Gasteiger partial charge >= 0.3 is 5.97 Å². The average molecular weight is 391 g/mol. The maximum Gasteiger partial charge on any atom is 0.335 e. The van der Waals surface area contributed by atoms with Gasteiger partial charge in [0.2, 0.25) is 0 Å². The van der Waals surface area contributed by atoms with Crippen LogP contribution in [-0.2, 0) is 9.84 Å². The number of benzene rings is 2. The van der Waals surface area contributed by atoms with Gasteiger partial charge in [0, 0.05) is 11.8 Å². The quantitative estimate of drug-likeness (QED) is 0.751. The van der Waals surface area contributed by atoms with Crippen LogP contribution in [0.1, 0.15) is 45.7 Å². The van der Waals surface area contributed by atoms with Crippen LogP contribution in [0.5, 0.6) is 5.75 Å². The van der Waals surface area contributed by atoms with Gasteiger partial charge in [-0.1, -0.05) is 19.1 Å². The zero-order valence-electron chi connectivity index (χ0n) is 15.2. The number of sulfone groups is 1. The van der Waals surface area contributed by atoms with Crippen molar-refractivity contribution < 1.29 is 27.9 Å². The number of hydrogen-bond acceptors (Lipinski definition) is 5. The Morgan fingerprint density at radius 3 is 2.19 bits per heavy atom. The first kappa shape index (κ1) is 20.4. The van der Waals surface area contributed by atoms with Gasteiger partial charge in [-0.15, -0.1) is 0 Å². The fourth-order valence-corrected chi connectivity index (χ4v) is 3.21. The lowest BCUT2D eigenvalue weighted by Gasteiger charge is -2.18. The molecule has 0 heterocycles. The molecule has 0 aromatic heterocycles. The Labute approximate surface area is 157 Å². The molecule has 0 saturated heterocycles. The second-order valence-electron chi connectivity index (χ2n) is 6.03. The molecule has 0 unspecified atom stereocenters. The van der Waals surface area contributed by atoms with Crippen LogP contribution in [0, 0.1) is 0 Å². The van der Waals surface area contributed by atoms with Gasteiger partial charge in [-0.2, -0.15) is 0 Å². The van der Waals surface area contributed by atoms with Crippen molar-refractivity contribution >= 4 is 21.7 Å². The molecule has 2 aromatic carbocycles. The molecule has 0 spiro atoms. The third kappa shape index (κ3) is 5.07. The first-order valence-electron chi connectivity index (χ1n) is 8.19. The van der Waals surface area contributed by atoms with Crippen LogP contribution in [0.2, 0.25) is 0 Å². The second kappa shape index (κ2) is 8.22. The minimum Gasteiger partial charge on any atom is -0.497 e. The molecule has 1 atom stereocenters. The van der Waals surface area contributed by atoms with E-state index in [2.05, 4.69) is 5.32 Å². The number of carboxylic acid groups (broad SMARTS) is 1. The Morgan fingerprint density at radius 1 is 1.11 bits per heavy atom. The third-order valence-corrected chi connectivity index (χ3v) is 5.20. The van der Waals surface area contributed by atoms with Crippen molar-refractivity contribution in [3.63, 3.8) is 0 Å². The molecule has 1 amide bonds. The molecular weight excluding hydrogens is 370 g/mol. The molecule has 144 valence electrons. The Bertz CT molecular complexity index is 951. The number of aromatic carboxylic acids is 1. The van der Waals surface area contributed by atoms with Crippen LogP contribution in [-0.4, -0.2) is 38.8 Å². The minimum absolute atomic E-state index is 0.0509. The summed E-state index contributed by atoms with van der Waals surface area (Å²) in [6.07, 6.45) is 1.70. The minimum atomic E-state index is -3.30. The van der Waals surface area contributed by atoms with Gasteiger partial charge in [-0.25, -0.2) is 13.2 Å². The molecule has 0 saturated carbocycles. The molecule has 0 aliphatic carbocycles. The number of ether oxygens (including phenoxy) is 1. The van der Waals surface area contributed by atoms with Crippen LogP contribution in [0.15, 0.2) is 47.4 Å². The molecular formula is C19H21NO6S. The monoisotopic (exact) mass is 391 g/mol. The number of hydrogen-bond donors (Lipinski definition) is 2. The maximum absolute atomic E-state index is 12.6. The molecule has 2 rings (SSSR count). The van der Waals surface area contributed by atoms with Crippen LogP contribution < -0.4 is 10.1 Å². The summed E-state index contributed by atoms with van der Waals surface area (Å²) in [5, 5.41) is 12.0. The highest BCUT2D eigenvalue weighted by atomic mass is 32.2. The van der Waals surface area contributed by atoms with Gasteiger partial charge in [0.1, 0.15) is 5.75 Å². The summed E-state index contributed by atoms with van der Waals surface area (Å²) < 4.78 is 28.2. The van der Waals surface area contributed by atoms with Gasteiger partial charge in [-0.05, 0) is 42.3 Å². The van der Waals surface area contributed by atoms with Crippen LogP contribution in [0.4, 0.5) is 0 Å². The second-order valence-corrected chi connectivity index (χ2v) is 8.05. The van der Waals surface area contributed by atoms with Crippen molar-refractivity contribution in [3.8, 4) is 5.75 Å². The Hall–Kier alpha value is -2.87. The molecule has 0 aliphatic rings. The van der Waals surface area contributed by atoms with E-state index in [9.17, 15) is 23.1 Å². The van der Waals surface area contributed by atoms with E-state index in [1.165, 1.54) is 37.4 Å². The molecule has 27 heavy (non-hydrogen) atoms. The van der Waals surface area contributed by atoms with E-state index in [-0.39, 0.29) is 27.8 Å². The van der Waals surface area contributed by atoms with Crippen molar-refractivity contribution in [1.82, 2.24) is 5.32 Å². The van der Waals surface area contributed by atoms with Crippen molar-refractivity contribution in [1.29, 1.82) is 0 Å². The fourth-order valence-electron chi connectivity index (χ4n) is 2.58. The van der Waals surface area contributed by atoms with Crippen molar-refractivity contribution in [2.75, 3.05) is 13.4 Å². The van der Waals surface area contributed by atoms with E-state index in [4.69, 9.17) is 4.74 Å². The molecule has 0 aliphatic heterocycles. The summed E-state index contributed by atoms with van der Waals surface area (Å²) in [5.41, 5.74) is 0.864. The zero-order chi connectivity index (χ0) is 20.2. The van der Waals surface area contributed by atoms with E-state index in [1.54, 1.807) is 12.1 Å². The number of methoxy groups -OCH3 is 1. The smallest absolute Gasteiger partial charge is 0.335 e. The zero-order valence-corrected chi connectivity index (χ0v) is 16.0. The Balaban J connectivity index is 2.27. The normalized spacial score (nSPS) is 12.3. The van der Waals surface area contributed by atoms with Crippen molar-refractivity contribution in [2.45, 2.75) is 24.3 Å². The van der Waals surface area contributed by atoms with E-state index >= 15 is 0 Å². The van der Waals surface area contributed by atoms with Gasteiger partial charge in [0.15, 0.2) is 9.84 Å². The van der Waals surface area contributed by atoms with Crippen LogP contribution in [0.25, 0.3) is 0 Å². The number of carboxylic acids is 1. The van der Waals surface area contributed by atoms with E-state index in [0.717, 1.165) is 11.8 Å². The lowest BCUT2D eigenvalue weighted by molar-refractivity contribution is 0.0696. The standard InChI is InChI=1S/C19H21NO6S/c1-4-17(12-5-7-16(8-6-12)27(3,24)25)20-18(21)13-9-14(19(22)23)11-15(10-13)26-2/h5-11,17H,4H2,1-3H3,(H,20,21)(H,22,23)/t17-/m0/s1. The summed E-state index contributed by atoms with van der Waals surface area (Å²) in [6.45, 7) is 1.88. The van der Waals surface area contributed by atoms with Crippen molar-refractivity contribution in [2.24, 2.45) is 0 Å². The third-order valence-electron chi connectivity index (χ3n) is 4.08. The Kier molecular flexibility index (Phi) is 6.22. The average Bonchev–Trinajstić information content (AvgIpc) is 2.64. The fraction of sp³-hybridized carbons (Fsp3) is 0.263. The molecule has 2 aromatic rings. The summed E-state index contributed by atoms with van der Waals surface area (Å²) in [7, 11) is -1.91. The first-order chi connectivity index (χ1) is 12.7. The molecule has 7 nitrogen and oxygen atoms in total. The van der Waals surface area contributed by atoms with Gasteiger partial charge in [0.05, 0.1) is 23.6 Å². The van der Waals surface area contributed by atoms with E-state index < -0.39 is 21.7 Å². The lowest BCUT2D eigenvalue weighted by Crippen LogP contribution is -2.28. The van der Waals surface area contributed by atoms with Crippen LogP contribution >= 0.6 is 0 Å². The Morgan fingerprint density at radius 2 is 1.70 bits per heavy atom. The lowest BCUT2D eigenvalue weighted by atomic mass is 10.0. The molecule has 0 bridgehead atoms. The summed E-state index contributed by atoms with van der Waals surface area (Å²) >= 11 is 0. The van der Waals surface area contributed by atoms with Crippen LogP contribution in [0.3, 0.4) is 0 Å². The summed E-state index contributed by atoms with van der Waals surface area (Å²) in [4.78, 5) is 24.0. The summed E-state index contributed by atoms with van der Waals surface area (Å²) in [6, 6.07) is 10.0. The van der Waals surface area contributed by atoms with Gasteiger partial charge in [-0.3, -0.25) is 4.79 Å². The number of carbonyl (C=O) groups excluding carboxylic acids is 1. The van der Waals surface area contributed by atoms with Gasteiger partial charge in [0.25, 0.3) is 5.91 Å². The topological polar surface area (TPSA) is 110 Å². The maximum atomic E-state index is 12.6. The summed E-state index contributed by atoms with van der Waals surface area (Å²) in [5.74, 6) is -1.34. The van der Waals surface area contributed by atoms with Crippen molar-refractivity contribution in [3.05, 3.63) is 59.2 Å². The first-order valence-corrected chi connectivity index (χ1v) is 10.1. The largest absolute Gasteiger partial charge is 0.497 e. The van der Waals surface area contributed by atoms with E-state index in [0.29, 0.717) is 6.42 Å². The number of carbonyl (C=O) groups is 2. The van der Waals surface area contributed by atoms with E-state index in [1.807, 2.05) is 6.92 Å². The van der Waals surface area contributed by atoms with Gasteiger partial charge < -0.3 is 15.2 Å². The number of nitrogens with one attached hydrogen (secondary N) is 1. The SMILES string of the molecule is CC[C@H](NC(=O)c1cc(OC)cc(C(=O)O)c1)c1ccc(S(C)(=O)=O)cc1. The highest BCUT2D eigenvalue weighted by Gasteiger charge is 2.18. The molecule has 0 fully saturated rings. The molecule has 0 radical (unpaired) electrons. The number of rotatable bonds is 7. The molecule has 2 N–H and O–H groups in total. The number of amides is 1. The highest BCUT2D eigenvalue weighted by Crippen LogP contribution is 2.22. The molecule has 8 heteroatoms. The predicted octanol–water partition coefficient (Wildman–Crippen LogP) is 2.68.